The number of carbonyl (C=O) groups excluding carboxylic acids is 1. The number of benzene rings is 1. The third-order valence-electron chi connectivity index (χ3n) is 5.10. The summed E-state index contributed by atoms with van der Waals surface area (Å²) in [6.07, 6.45) is 4.90. The molecule has 0 N–H and O–H groups in total. The van der Waals surface area contributed by atoms with Crippen LogP contribution in [-0.2, 0) is 17.8 Å². The van der Waals surface area contributed by atoms with Gasteiger partial charge in [0.25, 0.3) is 0 Å². The highest BCUT2D eigenvalue weighted by Crippen LogP contribution is 2.28. The van der Waals surface area contributed by atoms with Crippen molar-refractivity contribution in [3.05, 3.63) is 46.2 Å². The molecule has 0 saturated carbocycles. The van der Waals surface area contributed by atoms with Gasteiger partial charge in [-0.3, -0.25) is 4.79 Å². The molecule has 2 rings (SSSR count). The zero-order valence-corrected chi connectivity index (χ0v) is 18.4. The Morgan fingerprint density at radius 3 is 2.54 bits per heavy atom. The summed E-state index contributed by atoms with van der Waals surface area (Å²) in [5, 5.41) is 2.07. The second kappa shape index (κ2) is 11.7. The Hall–Kier alpha value is -2.01. The monoisotopic (exact) mass is 403 g/mol. The SMILES string of the molecule is CCCCC(CC)C(=O)N(CCc1ccc(OC)c(OC)c1)Cc1cccs1. The fourth-order valence-electron chi connectivity index (χ4n) is 3.37. The Morgan fingerprint density at radius 1 is 1.14 bits per heavy atom. The van der Waals surface area contributed by atoms with E-state index >= 15 is 0 Å². The maximum absolute atomic E-state index is 13.2. The largest absolute Gasteiger partial charge is 0.493 e. The number of thiophene rings is 1. The standard InChI is InChI=1S/C23H33NO3S/c1-5-7-9-19(6-2)23(25)24(17-20-10-8-15-28-20)14-13-18-11-12-21(26-3)22(16-18)27-4/h8,10-12,15-16,19H,5-7,9,13-14,17H2,1-4H3. The van der Waals surface area contributed by atoms with Crippen LogP contribution in [-0.4, -0.2) is 31.6 Å². The molecule has 0 saturated heterocycles. The molecule has 0 aliphatic carbocycles. The molecular weight excluding hydrogens is 370 g/mol. The Balaban J connectivity index is 2.11. The zero-order valence-electron chi connectivity index (χ0n) is 17.6. The van der Waals surface area contributed by atoms with Crippen molar-refractivity contribution in [2.24, 2.45) is 5.92 Å². The highest BCUT2D eigenvalue weighted by molar-refractivity contribution is 7.09. The summed E-state index contributed by atoms with van der Waals surface area (Å²) in [6.45, 7) is 5.69. The molecular formula is C23H33NO3S. The topological polar surface area (TPSA) is 38.8 Å². The summed E-state index contributed by atoms with van der Waals surface area (Å²) < 4.78 is 10.7. The summed E-state index contributed by atoms with van der Waals surface area (Å²) in [4.78, 5) is 16.5. The minimum atomic E-state index is 0.116. The molecule has 1 aromatic heterocycles. The molecule has 5 heteroatoms. The fraction of sp³-hybridized carbons (Fsp3) is 0.522. The van der Waals surface area contributed by atoms with Gasteiger partial charge >= 0.3 is 0 Å². The van der Waals surface area contributed by atoms with Crippen LogP contribution in [0.25, 0.3) is 0 Å². The lowest BCUT2D eigenvalue weighted by molar-refractivity contribution is -0.136. The van der Waals surface area contributed by atoms with Gasteiger partial charge in [0.2, 0.25) is 5.91 Å². The van der Waals surface area contributed by atoms with Crippen LogP contribution in [0.2, 0.25) is 0 Å². The van der Waals surface area contributed by atoms with Crippen molar-refractivity contribution >= 4 is 17.2 Å². The quantitative estimate of drug-likeness (QED) is 0.466. The van der Waals surface area contributed by atoms with E-state index in [1.807, 2.05) is 29.2 Å². The van der Waals surface area contributed by atoms with E-state index < -0.39 is 0 Å². The highest BCUT2D eigenvalue weighted by atomic mass is 32.1. The molecule has 1 heterocycles. The van der Waals surface area contributed by atoms with Crippen molar-refractivity contribution in [1.29, 1.82) is 0 Å². The maximum Gasteiger partial charge on any atom is 0.226 e. The van der Waals surface area contributed by atoms with Crippen LogP contribution in [0.5, 0.6) is 11.5 Å². The van der Waals surface area contributed by atoms with Crippen molar-refractivity contribution in [1.82, 2.24) is 4.90 Å². The van der Waals surface area contributed by atoms with Crippen LogP contribution in [0.1, 0.15) is 50.0 Å². The molecule has 2 aromatic rings. The minimum absolute atomic E-state index is 0.116. The molecule has 1 aromatic carbocycles. The summed E-state index contributed by atoms with van der Waals surface area (Å²) in [7, 11) is 3.29. The number of hydrogen-bond acceptors (Lipinski definition) is 4. The van der Waals surface area contributed by atoms with E-state index in [-0.39, 0.29) is 11.8 Å². The Morgan fingerprint density at radius 2 is 1.93 bits per heavy atom. The van der Waals surface area contributed by atoms with Gasteiger partial charge < -0.3 is 14.4 Å². The lowest BCUT2D eigenvalue weighted by atomic mass is 9.97. The van der Waals surface area contributed by atoms with Gasteiger partial charge in [0.1, 0.15) is 0 Å². The van der Waals surface area contributed by atoms with E-state index in [1.54, 1.807) is 25.6 Å². The first-order valence-electron chi connectivity index (χ1n) is 10.1. The van der Waals surface area contributed by atoms with Crippen LogP contribution in [0.3, 0.4) is 0 Å². The fourth-order valence-corrected chi connectivity index (χ4v) is 4.09. The van der Waals surface area contributed by atoms with E-state index in [0.717, 1.165) is 49.2 Å². The van der Waals surface area contributed by atoms with Crippen molar-refractivity contribution in [2.45, 2.75) is 52.5 Å². The third-order valence-corrected chi connectivity index (χ3v) is 5.97. The third kappa shape index (κ3) is 6.26. The van der Waals surface area contributed by atoms with Crippen LogP contribution in [0, 0.1) is 5.92 Å². The summed E-state index contributed by atoms with van der Waals surface area (Å²) in [5.41, 5.74) is 1.14. The van der Waals surface area contributed by atoms with Gasteiger partial charge in [0.15, 0.2) is 11.5 Å². The van der Waals surface area contributed by atoms with Crippen LogP contribution < -0.4 is 9.47 Å². The van der Waals surface area contributed by atoms with Crippen molar-refractivity contribution in [2.75, 3.05) is 20.8 Å². The molecule has 1 amide bonds. The van der Waals surface area contributed by atoms with Crippen LogP contribution >= 0.6 is 11.3 Å². The number of nitrogens with zero attached hydrogens (tertiary/aromatic N) is 1. The molecule has 1 unspecified atom stereocenters. The van der Waals surface area contributed by atoms with Gasteiger partial charge in [-0.25, -0.2) is 0 Å². The second-order valence-electron chi connectivity index (χ2n) is 7.03. The highest BCUT2D eigenvalue weighted by Gasteiger charge is 2.23. The minimum Gasteiger partial charge on any atom is -0.493 e. The number of ether oxygens (including phenoxy) is 2. The van der Waals surface area contributed by atoms with E-state index in [1.165, 1.54) is 4.88 Å². The number of methoxy groups -OCH3 is 2. The molecule has 0 aliphatic rings. The van der Waals surface area contributed by atoms with E-state index in [9.17, 15) is 4.79 Å². The molecule has 0 aliphatic heterocycles. The normalized spacial score (nSPS) is 11.9. The zero-order chi connectivity index (χ0) is 20.4. The number of amides is 1. The van der Waals surface area contributed by atoms with Gasteiger partial charge in [0, 0.05) is 17.3 Å². The first-order valence-corrected chi connectivity index (χ1v) is 11.0. The van der Waals surface area contributed by atoms with Gasteiger partial charge in [0.05, 0.1) is 20.8 Å². The second-order valence-corrected chi connectivity index (χ2v) is 8.06. The summed E-state index contributed by atoms with van der Waals surface area (Å²) in [5.74, 6) is 1.85. The molecule has 28 heavy (non-hydrogen) atoms. The average molecular weight is 404 g/mol. The predicted octanol–water partition coefficient (Wildman–Crippen LogP) is 5.55. The summed E-state index contributed by atoms with van der Waals surface area (Å²) >= 11 is 1.71. The smallest absolute Gasteiger partial charge is 0.226 e. The van der Waals surface area contributed by atoms with Crippen molar-refractivity contribution in [3.63, 3.8) is 0 Å². The van der Waals surface area contributed by atoms with E-state index in [0.29, 0.717) is 13.1 Å². The number of unbranched alkanes of at least 4 members (excludes halogenated alkanes) is 1. The van der Waals surface area contributed by atoms with Crippen LogP contribution in [0.4, 0.5) is 0 Å². The molecule has 1 atom stereocenters. The lowest BCUT2D eigenvalue weighted by Gasteiger charge is -2.27. The molecule has 154 valence electrons. The van der Waals surface area contributed by atoms with Crippen molar-refractivity contribution < 1.29 is 14.3 Å². The first kappa shape index (κ1) is 22.3. The number of rotatable bonds is 12. The lowest BCUT2D eigenvalue weighted by Crippen LogP contribution is -2.37. The first-order chi connectivity index (χ1) is 13.6. The van der Waals surface area contributed by atoms with Gasteiger partial charge in [-0.05, 0) is 48.4 Å². The predicted molar refractivity (Wildman–Crippen MR) is 116 cm³/mol. The molecule has 0 fully saturated rings. The number of carbonyl (C=O) groups is 1. The van der Waals surface area contributed by atoms with Gasteiger partial charge in [-0.15, -0.1) is 11.3 Å². The molecule has 0 spiro atoms. The van der Waals surface area contributed by atoms with E-state index in [2.05, 4.69) is 25.3 Å². The summed E-state index contributed by atoms with van der Waals surface area (Å²) in [6, 6.07) is 10.1. The molecule has 0 bridgehead atoms. The van der Waals surface area contributed by atoms with Crippen molar-refractivity contribution in [3.8, 4) is 11.5 Å². The van der Waals surface area contributed by atoms with Gasteiger partial charge in [-0.1, -0.05) is 38.8 Å². The average Bonchev–Trinajstić information content (AvgIpc) is 3.24. The Bertz CT molecular complexity index is 715. The molecule has 4 nitrogen and oxygen atoms in total. The Labute approximate surface area is 173 Å². The molecule has 0 radical (unpaired) electrons. The maximum atomic E-state index is 13.2. The van der Waals surface area contributed by atoms with Gasteiger partial charge in [-0.2, -0.15) is 0 Å². The Kier molecular flexibility index (Phi) is 9.35. The number of hydrogen-bond donors (Lipinski definition) is 0. The van der Waals surface area contributed by atoms with Crippen LogP contribution in [0.15, 0.2) is 35.7 Å². The van der Waals surface area contributed by atoms with E-state index in [4.69, 9.17) is 9.47 Å².